The lowest BCUT2D eigenvalue weighted by Gasteiger charge is -2.54. The predicted molar refractivity (Wildman–Crippen MR) is 105 cm³/mol. The molecule has 0 amide bonds. The van der Waals surface area contributed by atoms with E-state index in [2.05, 4.69) is 19.1 Å². The van der Waals surface area contributed by atoms with E-state index in [0.717, 1.165) is 44.1 Å². The van der Waals surface area contributed by atoms with Gasteiger partial charge in [-0.05, 0) is 92.4 Å². The molecule has 28 heavy (non-hydrogen) atoms. The van der Waals surface area contributed by atoms with Crippen molar-refractivity contribution in [3.8, 4) is 5.75 Å². The van der Waals surface area contributed by atoms with Crippen LogP contribution in [0.3, 0.4) is 0 Å². The molecule has 1 aromatic rings. The van der Waals surface area contributed by atoms with Crippen LogP contribution in [0.1, 0.15) is 75.8 Å². The number of fused-ring (bicyclic) bond motifs is 1. The Bertz CT molecular complexity index is 817. The van der Waals surface area contributed by atoms with Gasteiger partial charge in [0.25, 0.3) is 0 Å². The standard InChI is InChI=1S/C24H30O4/c1-15(26)28-24-11-7-18(14-25)27-17-4-6-19-16(13-17)3-5-21-20(19)8-10-23(24,2)22(21)9-12-24/h4,6,13-14,18,20-22H,3,5,7-12H2,1-2H3/t18?,20?,21-,22-,23-,24-/m0/s1. The van der Waals surface area contributed by atoms with Crippen molar-refractivity contribution < 1.29 is 19.1 Å². The molecule has 8 aliphatic rings. The van der Waals surface area contributed by atoms with Gasteiger partial charge in [-0.15, -0.1) is 0 Å². The minimum absolute atomic E-state index is 0.0159. The van der Waals surface area contributed by atoms with Crippen molar-refractivity contribution in [1.29, 1.82) is 0 Å². The zero-order valence-electron chi connectivity index (χ0n) is 16.9. The SMILES string of the molecule is CC(=O)O[C@]12CCC(C=O)Oc3ccc4c(c3)CC[C@H]3C4CC[C@@]1(C)[C@H]3CC2. The number of benzene rings is 1. The Morgan fingerprint density at radius 3 is 2.79 bits per heavy atom. The number of hydrogen-bond acceptors (Lipinski definition) is 4. The van der Waals surface area contributed by atoms with E-state index in [-0.39, 0.29) is 11.4 Å². The number of carbonyl (C=O) groups excluding carboxylic acids is 2. The fourth-order valence-electron chi connectivity index (χ4n) is 7.33. The predicted octanol–water partition coefficient (Wildman–Crippen LogP) is 4.58. The van der Waals surface area contributed by atoms with Crippen molar-refractivity contribution in [3.05, 3.63) is 29.3 Å². The van der Waals surface area contributed by atoms with E-state index in [0.29, 0.717) is 30.6 Å². The zero-order valence-corrected chi connectivity index (χ0v) is 16.9. The molecule has 150 valence electrons. The van der Waals surface area contributed by atoms with E-state index in [1.54, 1.807) is 0 Å². The van der Waals surface area contributed by atoms with Gasteiger partial charge in [0.1, 0.15) is 11.4 Å². The van der Waals surface area contributed by atoms with Gasteiger partial charge in [-0.2, -0.15) is 0 Å². The van der Waals surface area contributed by atoms with E-state index in [4.69, 9.17) is 9.47 Å². The van der Waals surface area contributed by atoms with Gasteiger partial charge >= 0.3 is 5.97 Å². The molecule has 3 aliphatic carbocycles. The molecule has 0 radical (unpaired) electrons. The first-order valence-electron chi connectivity index (χ1n) is 10.9. The molecule has 5 aliphatic heterocycles. The molecule has 6 atom stereocenters. The van der Waals surface area contributed by atoms with E-state index in [9.17, 15) is 9.59 Å². The van der Waals surface area contributed by atoms with Crippen LogP contribution in [-0.2, 0) is 20.7 Å². The van der Waals surface area contributed by atoms with Crippen LogP contribution < -0.4 is 4.74 Å². The van der Waals surface area contributed by atoms with Gasteiger partial charge in [0.05, 0.1) is 0 Å². The number of hydrogen-bond donors (Lipinski definition) is 0. The highest BCUT2D eigenvalue weighted by molar-refractivity contribution is 5.67. The molecule has 2 unspecified atom stereocenters. The average molecular weight is 383 g/mol. The second-order valence-corrected chi connectivity index (χ2v) is 9.69. The fourth-order valence-corrected chi connectivity index (χ4v) is 7.33. The lowest BCUT2D eigenvalue weighted by molar-refractivity contribution is -0.180. The third-order valence-corrected chi connectivity index (χ3v) is 8.60. The lowest BCUT2D eigenvalue weighted by atomic mass is 9.53. The largest absolute Gasteiger partial charge is 0.483 e. The molecule has 4 nitrogen and oxygen atoms in total. The lowest BCUT2D eigenvalue weighted by Crippen LogP contribution is -2.53. The maximum Gasteiger partial charge on any atom is 0.303 e. The highest BCUT2D eigenvalue weighted by Gasteiger charge is 2.63. The molecule has 5 heterocycles. The normalized spacial score (nSPS) is 40.9. The summed E-state index contributed by atoms with van der Waals surface area (Å²) in [7, 11) is 0. The Labute approximate surface area is 167 Å². The van der Waals surface area contributed by atoms with E-state index >= 15 is 0 Å². The van der Waals surface area contributed by atoms with Gasteiger partial charge in [-0.1, -0.05) is 13.0 Å². The van der Waals surface area contributed by atoms with Crippen molar-refractivity contribution in [2.24, 2.45) is 17.3 Å². The summed E-state index contributed by atoms with van der Waals surface area (Å²) in [5, 5.41) is 0. The zero-order chi connectivity index (χ0) is 19.5. The van der Waals surface area contributed by atoms with Crippen LogP contribution in [0, 0.1) is 17.3 Å². The third-order valence-electron chi connectivity index (χ3n) is 8.60. The van der Waals surface area contributed by atoms with Crippen LogP contribution in [-0.4, -0.2) is 24.0 Å². The van der Waals surface area contributed by atoms with Gasteiger partial charge in [0.2, 0.25) is 0 Å². The molecule has 0 saturated heterocycles. The van der Waals surface area contributed by atoms with Crippen molar-refractivity contribution in [2.45, 2.75) is 82.8 Å². The number of aryl methyl sites for hydroxylation is 1. The van der Waals surface area contributed by atoms with Crippen molar-refractivity contribution in [3.63, 3.8) is 0 Å². The van der Waals surface area contributed by atoms with Gasteiger partial charge in [-0.25, -0.2) is 0 Å². The molecule has 0 aromatic heterocycles. The Balaban J connectivity index is 1.64. The van der Waals surface area contributed by atoms with E-state index < -0.39 is 11.7 Å². The summed E-state index contributed by atoms with van der Waals surface area (Å²) in [5.74, 6) is 2.44. The maximum atomic E-state index is 12.1. The summed E-state index contributed by atoms with van der Waals surface area (Å²) in [6.07, 6.45) is 8.24. The fraction of sp³-hybridized carbons (Fsp3) is 0.667. The van der Waals surface area contributed by atoms with Gasteiger partial charge in [0.15, 0.2) is 12.4 Å². The number of ether oxygens (including phenoxy) is 2. The highest BCUT2D eigenvalue weighted by Crippen LogP contribution is 2.66. The summed E-state index contributed by atoms with van der Waals surface area (Å²) in [4.78, 5) is 23.9. The van der Waals surface area contributed by atoms with Crippen LogP contribution in [0.25, 0.3) is 0 Å². The molecule has 8 bridgehead atoms. The van der Waals surface area contributed by atoms with Crippen molar-refractivity contribution >= 4 is 12.3 Å². The van der Waals surface area contributed by atoms with E-state index in [1.807, 2.05) is 6.07 Å². The number of carbonyl (C=O) groups is 2. The molecule has 0 N–H and O–H groups in total. The molecule has 2 saturated carbocycles. The van der Waals surface area contributed by atoms with Crippen molar-refractivity contribution in [2.75, 3.05) is 0 Å². The van der Waals surface area contributed by atoms with Crippen LogP contribution in [0.2, 0.25) is 0 Å². The molecular weight excluding hydrogens is 352 g/mol. The molecule has 2 fully saturated rings. The Kier molecular flexibility index (Phi) is 4.12. The van der Waals surface area contributed by atoms with Crippen molar-refractivity contribution in [1.82, 2.24) is 0 Å². The van der Waals surface area contributed by atoms with E-state index in [1.165, 1.54) is 24.5 Å². The smallest absolute Gasteiger partial charge is 0.303 e. The molecule has 0 spiro atoms. The molecular formula is C24H30O4. The Morgan fingerprint density at radius 2 is 2.00 bits per heavy atom. The number of esters is 1. The van der Waals surface area contributed by atoms with Crippen LogP contribution in [0.4, 0.5) is 0 Å². The second kappa shape index (κ2) is 6.33. The molecule has 1 aromatic carbocycles. The first kappa shape index (κ1) is 18.2. The Morgan fingerprint density at radius 1 is 1.18 bits per heavy atom. The van der Waals surface area contributed by atoms with Crippen LogP contribution >= 0.6 is 0 Å². The minimum Gasteiger partial charge on any atom is -0.483 e. The quantitative estimate of drug-likeness (QED) is 0.555. The maximum absolute atomic E-state index is 12.1. The van der Waals surface area contributed by atoms with Gasteiger partial charge in [-0.3, -0.25) is 9.59 Å². The summed E-state index contributed by atoms with van der Waals surface area (Å²) >= 11 is 0. The van der Waals surface area contributed by atoms with Crippen LogP contribution in [0.15, 0.2) is 18.2 Å². The highest BCUT2D eigenvalue weighted by atomic mass is 16.6. The summed E-state index contributed by atoms with van der Waals surface area (Å²) < 4.78 is 12.2. The number of aldehydes is 1. The van der Waals surface area contributed by atoms with Gasteiger partial charge < -0.3 is 9.47 Å². The third kappa shape index (κ3) is 2.49. The molecule has 4 heteroatoms. The van der Waals surface area contributed by atoms with Crippen LogP contribution in [0.5, 0.6) is 5.75 Å². The summed E-state index contributed by atoms with van der Waals surface area (Å²) in [5.41, 5.74) is 2.40. The Hall–Kier alpha value is -1.84. The minimum atomic E-state index is -0.497. The van der Waals surface area contributed by atoms with Gasteiger partial charge in [0, 0.05) is 12.3 Å². The molecule has 9 rings (SSSR count). The average Bonchev–Trinajstić information content (AvgIpc) is 2.97. The monoisotopic (exact) mass is 382 g/mol. The topological polar surface area (TPSA) is 52.6 Å². The first-order valence-corrected chi connectivity index (χ1v) is 10.9. The first-order chi connectivity index (χ1) is 13.5. The number of rotatable bonds is 2. The summed E-state index contributed by atoms with van der Waals surface area (Å²) in [6.45, 7) is 3.89. The second-order valence-electron chi connectivity index (χ2n) is 9.69. The summed E-state index contributed by atoms with van der Waals surface area (Å²) in [6, 6.07) is 6.45.